The lowest BCUT2D eigenvalue weighted by Gasteiger charge is -2.37. The van der Waals surface area contributed by atoms with Crippen LogP contribution in [0.2, 0.25) is 0 Å². The highest BCUT2D eigenvalue weighted by Crippen LogP contribution is 2.27. The van der Waals surface area contributed by atoms with Gasteiger partial charge in [-0.15, -0.1) is 0 Å². The van der Waals surface area contributed by atoms with Crippen molar-refractivity contribution in [2.75, 3.05) is 44.7 Å². The smallest absolute Gasteiger partial charge is 0.410 e. The van der Waals surface area contributed by atoms with Crippen LogP contribution < -0.4 is 15.0 Å². The van der Waals surface area contributed by atoms with Gasteiger partial charge >= 0.3 is 12.1 Å². The number of nitrogens with zero attached hydrogens (tertiary/aromatic N) is 4. The third kappa shape index (κ3) is 4.12. The second-order valence-corrected chi connectivity index (χ2v) is 7.34. The van der Waals surface area contributed by atoms with Gasteiger partial charge in [-0.1, -0.05) is 0 Å². The molecule has 1 aromatic rings. The fraction of sp³-hybridized carbons (Fsp3) is 0.706. The zero-order valence-corrected chi connectivity index (χ0v) is 15.5. The molecule has 8 nitrogen and oxygen atoms in total. The molecule has 1 aromatic heterocycles. The van der Waals surface area contributed by atoms with Crippen molar-refractivity contribution < 1.29 is 14.3 Å². The van der Waals surface area contributed by atoms with Gasteiger partial charge in [0, 0.05) is 38.3 Å². The molecule has 3 heterocycles. The summed E-state index contributed by atoms with van der Waals surface area (Å²) in [6.07, 6.45) is 0.652. The van der Waals surface area contributed by atoms with E-state index in [0.29, 0.717) is 19.1 Å². The minimum Gasteiger partial charge on any atom is -0.467 e. The number of nitrogens with one attached hydrogen (secondary N) is 1. The molecular weight excluding hydrogens is 322 g/mol. The standard InChI is InChI=1S/C17H27N5O3/c1-17(2,3)25-16(23)22-9-7-21(8-10-22)14-12-5-6-18-11-13(12)19-15(20-14)24-4/h18H,5-11H2,1-4H3. The van der Waals surface area contributed by atoms with E-state index in [-0.39, 0.29) is 6.09 Å². The Morgan fingerprint density at radius 2 is 1.88 bits per heavy atom. The van der Waals surface area contributed by atoms with E-state index in [1.54, 1.807) is 12.0 Å². The normalized spacial score (nSPS) is 17.9. The van der Waals surface area contributed by atoms with Gasteiger partial charge in [0.15, 0.2) is 0 Å². The number of amides is 1. The van der Waals surface area contributed by atoms with E-state index >= 15 is 0 Å². The molecule has 25 heavy (non-hydrogen) atoms. The van der Waals surface area contributed by atoms with Crippen molar-refractivity contribution in [2.45, 2.75) is 39.3 Å². The molecule has 0 spiro atoms. The fourth-order valence-electron chi connectivity index (χ4n) is 3.10. The van der Waals surface area contributed by atoms with Crippen LogP contribution in [0.25, 0.3) is 0 Å². The van der Waals surface area contributed by atoms with Crippen LogP contribution in [0.4, 0.5) is 10.6 Å². The van der Waals surface area contributed by atoms with Gasteiger partial charge in [0.2, 0.25) is 0 Å². The van der Waals surface area contributed by atoms with E-state index in [1.165, 1.54) is 5.56 Å². The second-order valence-electron chi connectivity index (χ2n) is 7.34. The third-order valence-corrected chi connectivity index (χ3v) is 4.31. The van der Waals surface area contributed by atoms with E-state index in [4.69, 9.17) is 9.47 Å². The Morgan fingerprint density at radius 1 is 1.16 bits per heavy atom. The van der Waals surface area contributed by atoms with Crippen LogP contribution in [-0.2, 0) is 17.7 Å². The van der Waals surface area contributed by atoms with Crippen molar-refractivity contribution in [3.05, 3.63) is 11.3 Å². The van der Waals surface area contributed by atoms with Gasteiger partial charge in [0.25, 0.3) is 0 Å². The topological polar surface area (TPSA) is 79.8 Å². The van der Waals surface area contributed by atoms with Crippen LogP contribution in [0.5, 0.6) is 6.01 Å². The number of fused-ring (bicyclic) bond motifs is 1. The van der Waals surface area contributed by atoms with Gasteiger partial charge in [-0.05, 0) is 33.7 Å². The van der Waals surface area contributed by atoms with Crippen LogP contribution in [0.1, 0.15) is 32.0 Å². The molecule has 1 N–H and O–H groups in total. The summed E-state index contributed by atoms with van der Waals surface area (Å²) >= 11 is 0. The number of rotatable bonds is 2. The van der Waals surface area contributed by atoms with Crippen molar-refractivity contribution in [1.82, 2.24) is 20.2 Å². The molecule has 1 saturated heterocycles. The summed E-state index contributed by atoms with van der Waals surface area (Å²) in [5.74, 6) is 0.937. The summed E-state index contributed by atoms with van der Waals surface area (Å²) < 4.78 is 10.7. The van der Waals surface area contributed by atoms with Crippen LogP contribution in [-0.4, -0.2) is 66.4 Å². The molecule has 0 bridgehead atoms. The maximum absolute atomic E-state index is 12.2. The molecule has 1 amide bonds. The van der Waals surface area contributed by atoms with Crippen LogP contribution in [0.3, 0.4) is 0 Å². The molecule has 3 rings (SSSR count). The zero-order valence-electron chi connectivity index (χ0n) is 15.5. The number of methoxy groups -OCH3 is 1. The molecule has 138 valence electrons. The second kappa shape index (κ2) is 7.03. The summed E-state index contributed by atoms with van der Waals surface area (Å²) in [7, 11) is 1.59. The summed E-state index contributed by atoms with van der Waals surface area (Å²) in [5, 5.41) is 3.33. The maximum atomic E-state index is 12.2. The number of hydrogen-bond donors (Lipinski definition) is 1. The average molecular weight is 349 g/mol. The molecule has 0 radical (unpaired) electrons. The Morgan fingerprint density at radius 3 is 2.52 bits per heavy atom. The Kier molecular flexibility index (Phi) is 4.99. The highest BCUT2D eigenvalue weighted by atomic mass is 16.6. The molecule has 0 aliphatic carbocycles. The fourth-order valence-corrected chi connectivity index (χ4v) is 3.10. The first-order valence-electron chi connectivity index (χ1n) is 8.75. The first kappa shape index (κ1) is 17.7. The Hall–Kier alpha value is -2.09. The number of ether oxygens (including phenoxy) is 2. The maximum Gasteiger partial charge on any atom is 0.410 e. The van der Waals surface area contributed by atoms with Crippen molar-refractivity contribution in [3.8, 4) is 6.01 Å². The zero-order chi connectivity index (χ0) is 18.0. The SMILES string of the molecule is COc1nc2c(c(N3CCN(C(=O)OC(C)(C)C)CC3)n1)CCNC2. The number of aromatic nitrogens is 2. The van der Waals surface area contributed by atoms with Gasteiger partial charge in [-0.25, -0.2) is 4.79 Å². The average Bonchev–Trinajstić information content (AvgIpc) is 2.59. The molecule has 1 fully saturated rings. The highest BCUT2D eigenvalue weighted by Gasteiger charge is 2.29. The van der Waals surface area contributed by atoms with Crippen molar-refractivity contribution >= 4 is 11.9 Å². The molecule has 8 heteroatoms. The largest absolute Gasteiger partial charge is 0.467 e. The Balaban J connectivity index is 1.72. The minimum absolute atomic E-state index is 0.251. The number of carbonyl (C=O) groups excluding carboxylic acids is 1. The molecular formula is C17H27N5O3. The van der Waals surface area contributed by atoms with E-state index in [0.717, 1.165) is 44.1 Å². The summed E-state index contributed by atoms with van der Waals surface area (Å²) in [6.45, 7) is 9.99. The first-order chi connectivity index (χ1) is 11.9. The van der Waals surface area contributed by atoms with E-state index in [9.17, 15) is 4.79 Å². The van der Waals surface area contributed by atoms with Crippen molar-refractivity contribution in [2.24, 2.45) is 0 Å². The van der Waals surface area contributed by atoms with Gasteiger partial charge in [-0.3, -0.25) is 0 Å². The third-order valence-electron chi connectivity index (χ3n) is 4.31. The predicted octanol–water partition coefficient (Wildman–Crippen LogP) is 1.19. The quantitative estimate of drug-likeness (QED) is 0.859. The van der Waals surface area contributed by atoms with Crippen molar-refractivity contribution in [3.63, 3.8) is 0 Å². The molecule has 2 aliphatic rings. The Bertz CT molecular complexity index is 636. The summed E-state index contributed by atoms with van der Waals surface area (Å²) in [4.78, 5) is 25.2. The summed E-state index contributed by atoms with van der Waals surface area (Å²) in [5.41, 5.74) is 1.72. The molecule has 2 aliphatic heterocycles. The van der Waals surface area contributed by atoms with Crippen molar-refractivity contribution in [1.29, 1.82) is 0 Å². The number of carbonyl (C=O) groups is 1. The Labute approximate surface area is 148 Å². The first-order valence-corrected chi connectivity index (χ1v) is 8.75. The van der Waals surface area contributed by atoms with Gasteiger partial charge in [0.1, 0.15) is 11.4 Å². The predicted molar refractivity (Wildman–Crippen MR) is 94.0 cm³/mol. The van der Waals surface area contributed by atoms with Crippen LogP contribution >= 0.6 is 0 Å². The van der Waals surface area contributed by atoms with Crippen LogP contribution in [0.15, 0.2) is 0 Å². The van der Waals surface area contributed by atoms with Gasteiger partial charge in [-0.2, -0.15) is 9.97 Å². The van der Waals surface area contributed by atoms with E-state index in [1.807, 2.05) is 20.8 Å². The van der Waals surface area contributed by atoms with Gasteiger partial charge in [0.05, 0.1) is 12.8 Å². The molecule has 0 unspecified atom stereocenters. The number of anilines is 1. The van der Waals surface area contributed by atoms with E-state index in [2.05, 4.69) is 20.2 Å². The minimum atomic E-state index is -0.472. The monoisotopic (exact) mass is 349 g/mol. The lowest BCUT2D eigenvalue weighted by Crippen LogP contribution is -2.50. The lowest BCUT2D eigenvalue weighted by molar-refractivity contribution is 0.0240. The highest BCUT2D eigenvalue weighted by molar-refractivity contribution is 5.68. The molecule has 0 saturated carbocycles. The lowest BCUT2D eigenvalue weighted by atomic mass is 10.1. The van der Waals surface area contributed by atoms with Gasteiger partial charge < -0.3 is 24.6 Å². The number of hydrogen-bond acceptors (Lipinski definition) is 7. The van der Waals surface area contributed by atoms with E-state index < -0.39 is 5.60 Å². The number of piperazine rings is 1. The molecule has 0 aromatic carbocycles. The van der Waals surface area contributed by atoms with Crippen LogP contribution in [0, 0.1) is 0 Å². The molecule has 0 atom stereocenters. The summed E-state index contributed by atoms with van der Waals surface area (Å²) in [6, 6.07) is 0.395.